The van der Waals surface area contributed by atoms with Crippen molar-refractivity contribution in [3.05, 3.63) is 34.3 Å². The van der Waals surface area contributed by atoms with Gasteiger partial charge in [0.25, 0.3) is 0 Å². The number of aryl methyl sites for hydroxylation is 1. The zero-order valence-corrected chi connectivity index (χ0v) is 10.2. The normalized spacial score (nSPS) is 15.0. The summed E-state index contributed by atoms with van der Waals surface area (Å²) in [6.45, 7) is 4.54. The molecule has 0 spiro atoms. The molecule has 1 unspecified atom stereocenters. The number of rotatable bonds is 4. The summed E-state index contributed by atoms with van der Waals surface area (Å²) in [6.07, 6.45) is 0.670. The molecule has 0 radical (unpaired) electrons. The minimum atomic E-state index is -0.819. The Morgan fingerprint density at radius 1 is 1.47 bits per heavy atom. The van der Waals surface area contributed by atoms with Crippen molar-refractivity contribution < 1.29 is 5.11 Å². The van der Waals surface area contributed by atoms with Gasteiger partial charge in [-0.2, -0.15) is 0 Å². The maximum atomic E-state index is 10.2. The van der Waals surface area contributed by atoms with Gasteiger partial charge in [-0.05, 0) is 51.1 Å². The van der Waals surface area contributed by atoms with Crippen LogP contribution >= 0.6 is 11.6 Å². The predicted octanol–water partition coefficient (Wildman–Crippen LogP) is 2.47. The van der Waals surface area contributed by atoms with E-state index in [4.69, 9.17) is 11.6 Å². The summed E-state index contributed by atoms with van der Waals surface area (Å²) in [4.78, 5) is 0. The van der Waals surface area contributed by atoms with Crippen LogP contribution in [-0.2, 0) is 5.60 Å². The lowest BCUT2D eigenvalue weighted by molar-refractivity contribution is 0.0485. The van der Waals surface area contributed by atoms with Crippen molar-refractivity contribution in [2.45, 2.75) is 25.9 Å². The number of halogens is 1. The lowest BCUT2D eigenvalue weighted by Gasteiger charge is -2.24. The van der Waals surface area contributed by atoms with Gasteiger partial charge in [-0.25, -0.2) is 0 Å². The third kappa shape index (κ3) is 3.20. The molecule has 0 saturated carbocycles. The first-order chi connectivity index (χ1) is 6.97. The molecule has 3 heteroatoms. The molecule has 2 nitrogen and oxygen atoms in total. The van der Waals surface area contributed by atoms with Crippen molar-refractivity contribution in [1.29, 1.82) is 0 Å². The van der Waals surface area contributed by atoms with E-state index in [1.54, 1.807) is 0 Å². The van der Waals surface area contributed by atoms with E-state index in [1.165, 1.54) is 0 Å². The highest BCUT2D eigenvalue weighted by Crippen LogP contribution is 2.27. The van der Waals surface area contributed by atoms with E-state index < -0.39 is 5.60 Å². The molecule has 0 saturated heterocycles. The zero-order chi connectivity index (χ0) is 11.5. The van der Waals surface area contributed by atoms with Gasteiger partial charge < -0.3 is 10.4 Å². The van der Waals surface area contributed by atoms with Gasteiger partial charge in [-0.15, -0.1) is 0 Å². The van der Waals surface area contributed by atoms with Crippen LogP contribution in [0.3, 0.4) is 0 Å². The summed E-state index contributed by atoms with van der Waals surface area (Å²) in [6, 6.07) is 5.70. The Labute approximate surface area is 96.3 Å². The number of hydrogen-bond acceptors (Lipinski definition) is 2. The van der Waals surface area contributed by atoms with Gasteiger partial charge in [-0.3, -0.25) is 0 Å². The van der Waals surface area contributed by atoms with Gasteiger partial charge in [-0.1, -0.05) is 23.7 Å². The molecule has 0 heterocycles. The summed E-state index contributed by atoms with van der Waals surface area (Å²) in [5, 5.41) is 14.0. The van der Waals surface area contributed by atoms with Crippen molar-refractivity contribution in [2.75, 3.05) is 13.6 Å². The SMILES string of the molecule is CNCCC(C)(O)c1ccc(C)c(Cl)c1. The van der Waals surface area contributed by atoms with E-state index in [0.29, 0.717) is 11.4 Å². The second-order valence-electron chi connectivity index (χ2n) is 4.09. The fraction of sp³-hybridized carbons (Fsp3) is 0.500. The highest BCUT2D eigenvalue weighted by molar-refractivity contribution is 6.31. The summed E-state index contributed by atoms with van der Waals surface area (Å²) in [5.74, 6) is 0. The molecule has 1 aromatic carbocycles. The quantitative estimate of drug-likeness (QED) is 0.829. The summed E-state index contributed by atoms with van der Waals surface area (Å²) >= 11 is 6.03. The summed E-state index contributed by atoms with van der Waals surface area (Å²) in [5.41, 5.74) is 1.08. The first-order valence-electron chi connectivity index (χ1n) is 5.11. The highest BCUT2D eigenvalue weighted by Gasteiger charge is 2.22. The van der Waals surface area contributed by atoms with Crippen LogP contribution in [0.5, 0.6) is 0 Å². The van der Waals surface area contributed by atoms with Crippen LogP contribution in [0.25, 0.3) is 0 Å². The van der Waals surface area contributed by atoms with Gasteiger partial charge in [0.2, 0.25) is 0 Å². The molecule has 0 aliphatic heterocycles. The number of aliphatic hydroxyl groups is 1. The molecule has 0 bridgehead atoms. The maximum Gasteiger partial charge on any atom is 0.0881 e. The Morgan fingerprint density at radius 2 is 2.13 bits per heavy atom. The van der Waals surface area contributed by atoms with E-state index >= 15 is 0 Å². The smallest absolute Gasteiger partial charge is 0.0881 e. The van der Waals surface area contributed by atoms with Gasteiger partial charge in [0.1, 0.15) is 0 Å². The second kappa shape index (κ2) is 4.97. The summed E-state index contributed by atoms with van der Waals surface area (Å²) in [7, 11) is 1.87. The molecular weight excluding hydrogens is 210 g/mol. The molecule has 1 rings (SSSR count). The lowest BCUT2D eigenvalue weighted by atomic mass is 9.92. The van der Waals surface area contributed by atoms with Crippen LogP contribution < -0.4 is 5.32 Å². The van der Waals surface area contributed by atoms with Crippen LogP contribution in [0.4, 0.5) is 0 Å². The lowest BCUT2D eigenvalue weighted by Crippen LogP contribution is -2.26. The average Bonchev–Trinajstić information content (AvgIpc) is 2.19. The van der Waals surface area contributed by atoms with E-state index in [2.05, 4.69) is 5.32 Å². The fourth-order valence-corrected chi connectivity index (χ4v) is 1.62. The van der Waals surface area contributed by atoms with Crippen LogP contribution in [0.2, 0.25) is 5.02 Å². The second-order valence-corrected chi connectivity index (χ2v) is 4.50. The first kappa shape index (κ1) is 12.5. The molecule has 1 atom stereocenters. The molecule has 1 aromatic rings. The molecule has 84 valence electrons. The maximum absolute atomic E-state index is 10.2. The molecule has 0 aliphatic carbocycles. The number of benzene rings is 1. The van der Waals surface area contributed by atoms with E-state index in [0.717, 1.165) is 17.7 Å². The highest BCUT2D eigenvalue weighted by atomic mass is 35.5. The van der Waals surface area contributed by atoms with Crippen LogP contribution in [0.15, 0.2) is 18.2 Å². The van der Waals surface area contributed by atoms with E-state index in [1.807, 2.05) is 39.1 Å². The van der Waals surface area contributed by atoms with Crippen LogP contribution in [0, 0.1) is 6.92 Å². The Balaban J connectivity index is 2.89. The van der Waals surface area contributed by atoms with Crippen molar-refractivity contribution in [3.8, 4) is 0 Å². The largest absolute Gasteiger partial charge is 0.385 e. The molecule has 0 fully saturated rings. The molecule has 0 aromatic heterocycles. The Kier molecular flexibility index (Phi) is 4.14. The monoisotopic (exact) mass is 227 g/mol. The minimum Gasteiger partial charge on any atom is -0.385 e. The molecule has 2 N–H and O–H groups in total. The van der Waals surface area contributed by atoms with Gasteiger partial charge >= 0.3 is 0 Å². The number of hydrogen-bond donors (Lipinski definition) is 2. The minimum absolute atomic E-state index is 0.670. The van der Waals surface area contributed by atoms with Crippen LogP contribution in [0.1, 0.15) is 24.5 Å². The zero-order valence-electron chi connectivity index (χ0n) is 9.47. The van der Waals surface area contributed by atoms with Gasteiger partial charge in [0.05, 0.1) is 5.60 Å². The Bertz CT molecular complexity index is 336. The van der Waals surface area contributed by atoms with Gasteiger partial charge in [0, 0.05) is 5.02 Å². The molecule has 0 amide bonds. The Hall–Kier alpha value is -0.570. The molecule has 0 aliphatic rings. The number of nitrogens with one attached hydrogen (secondary N) is 1. The van der Waals surface area contributed by atoms with E-state index in [9.17, 15) is 5.11 Å². The molecular formula is C12H18ClNO. The molecule has 15 heavy (non-hydrogen) atoms. The van der Waals surface area contributed by atoms with Crippen molar-refractivity contribution >= 4 is 11.6 Å². The van der Waals surface area contributed by atoms with Gasteiger partial charge in [0.15, 0.2) is 0 Å². The predicted molar refractivity (Wildman–Crippen MR) is 64.3 cm³/mol. The third-order valence-corrected chi connectivity index (χ3v) is 3.06. The van der Waals surface area contributed by atoms with Crippen molar-refractivity contribution in [2.24, 2.45) is 0 Å². The third-order valence-electron chi connectivity index (χ3n) is 2.66. The Morgan fingerprint density at radius 3 is 2.67 bits per heavy atom. The van der Waals surface area contributed by atoms with Crippen molar-refractivity contribution in [3.63, 3.8) is 0 Å². The summed E-state index contributed by atoms with van der Waals surface area (Å²) < 4.78 is 0. The first-order valence-corrected chi connectivity index (χ1v) is 5.49. The van der Waals surface area contributed by atoms with E-state index in [-0.39, 0.29) is 0 Å². The average molecular weight is 228 g/mol. The fourth-order valence-electron chi connectivity index (χ4n) is 1.44. The van der Waals surface area contributed by atoms with Crippen LogP contribution in [-0.4, -0.2) is 18.7 Å². The topological polar surface area (TPSA) is 32.3 Å². The standard InChI is InChI=1S/C12H18ClNO/c1-9-4-5-10(8-11(9)13)12(2,15)6-7-14-3/h4-5,8,14-15H,6-7H2,1-3H3. The van der Waals surface area contributed by atoms with Crippen molar-refractivity contribution in [1.82, 2.24) is 5.32 Å².